The van der Waals surface area contributed by atoms with Crippen molar-refractivity contribution in [3.63, 3.8) is 0 Å². The number of carbonyl (C=O) groups excluding carboxylic acids is 1. The molecule has 1 N–H and O–H groups in total. The minimum atomic E-state index is -0.758. The average Bonchev–Trinajstić information content (AvgIpc) is 3.15. The third kappa shape index (κ3) is 4.72. The summed E-state index contributed by atoms with van der Waals surface area (Å²) in [5, 5.41) is 4.67. The minimum Gasteiger partial charge on any atom is -0.479 e. The van der Waals surface area contributed by atoms with Crippen molar-refractivity contribution >= 4 is 78.9 Å². The Morgan fingerprint density at radius 1 is 1.13 bits per heavy atom. The van der Waals surface area contributed by atoms with E-state index in [1.807, 2.05) is 42.5 Å². The number of benzene rings is 3. The fraction of sp³-hybridized carbons (Fsp3) is 0.0909. The van der Waals surface area contributed by atoms with Crippen LogP contribution in [0.4, 0.5) is 5.69 Å². The number of anilines is 1. The van der Waals surface area contributed by atoms with Crippen LogP contribution in [0, 0.1) is 3.57 Å². The first-order valence-corrected chi connectivity index (χ1v) is 11.6. The summed E-state index contributed by atoms with van der Waals surface area (Å²) < 4.78 is 7.88. The number of amides is 1. The van der Waals surface area contributed by atoms with Gasteiger partial charge in [0.05, 0.1) is 20.9 Å². The number of ether oxygens (including phenoxy) is 1. The second-order valence-corrected chi connectivity index (χ2v) is 9.62. The van der Waals surface area contributed by atoms with E-state index in [4.69, 9.17) is 32.9 Å². The summed E-state index contributed by atoms with van der Waals surface area (Å²) in [6.07, 6.45) is -0.758. The maximum Gasteiger partial charge on any atom is 0.265 e. The van der Waals surface area contributed by atoms with Crippen LogP contribution < -0.4 is 10.1 Å². The van der Waals surface area contributed by atoms with Crippen molar-refractivity contribution in [3.05, 3.63) is 74.3 Å². The van der Waals surface area contributed by atoms with Crippen molar-refractivity contribution < 1.29 is 9.53 Å². The highest BCUT2D eigenvalue weighted by Gasteiger charge is 2.19. The third-order valence-corrected chi connectivity index (χ3v) is 6.60. The number of rotatable bonds is 5. The number of halogens is 3. The van der Waals surface area contributed by atoms with Crippen LogP contribution in [0.1, 0.15) is 6.92 Å². The molecule has 0 aliphatic rings. The minimum absolute atomic E-state index is 0.287. The normalized spacial score (nSPS) is 12.0. The molecule has 1 amide bonds. The van der Waals surface area contributed by atoms with Crippen LogP contribution in [-0.4, -0.2) is 17.0 Å². The SMILES string of the molecule is CC(Oc1ccc(Cl)cc1Cl)C(=O)Nc1ccc(I)cc1-c1nc2ccccc2s1. The third-order valence-electron chi connectivity index (χ3n) is 4.33. The fourth-order valence-corrected chi connectivity index (χ4v) is 4.78. The second kappa shape index (κ2) is 9.09. The van der Waals surface area contributed by atoms with E-state index in [9.17, 15) is 4.79 Å². The molecule has 1 unspecified atom stereocenters. The number of aromatic nitrogens is 1. The van der Waals surface area contributed by atoms with Crippen LogP contribution in [0.5, 0.6) is 5.75 Å². The first-order valence-electron chi connectivity index (χ1n) is 8.99. The Hall–Kier alpha value is -1.87. The van der Waals surface area contributed by atoms with Gasteiger partial charge in [-0.3, -0.25) is 4.79 Å². The number of thiazole rings is 1. The van der Waals surface area contributed by atoms with E-state index in [2.05, 4.69) is 27.9 Å². The van der Waals surface area contributed by atoms with Gasteiger partial charge in [-0.15, -0.1) is 11.3 Å². The van der Waals surface area contributed by atoms with Crippen molar-refractivity contribution in [2.24, 2.45) is 0 Å². The number of nitrogens with zero attached hydrogens (tertiary/aromatic N) is 1. The summed E-state index contributed by atoms with van der Waals surface area (Å²) in [5.74, 6) is 0.113. The van der Waals surface area contributed by atoms with E-state index in [-0.39, 0.29) is 5.91 Å². The summed E-state index contributed by atoms with van der Waals surface area (Å²) >= 11 is 15.9. The molecule has 0 spiro atoms. The van der Waals surface area contributed by atoms with Crippen molar-refractivity contribution in [3.8, 4) is 16.3 Å². The summed E-state index contributed by atoms with van der Waals surface area (Å²) in [7, 11) is 0. The van der Waals surface area contributed by atoms with Gasteiger partial charge in [0.1, 0.15) is 10.8 Å². The number of hydrogen-bond donors (Lipinski definition) is 1. The van der Waals surface area contributed by atoms with Gasteiger partial charge in [-0.2, -0.15) is 0 Å². The summed E-state index contributed by atoms with van der Waals surface area (Å²) in [6.45, 7) is 1.67. The van der Waals surface area contributed by atoms with Crippen molar-refractivity contribution in [2.45, 2.75) is 13.0 Å². The smallest absolute Gasteiger partial charge is 0.265 e. The molecule has 0 aliphatic carbocycles. The number of hydrogen-bond acceptors (Lipinski definition) is 4. The average molecular weight is 569 g/mol. The zero-order valence-electron chi connectivity index (χ0n) is 15.7. The lowest BCUT2D eigenvalue weighted by Crippen LogP contribution is -2.30. The monoisotopic (exact) mass is 568 g/mol. The lowest BCUT2D eigenvalue weighted by Gasteiger charge is -2.17. The van der Waals surface area contributed by atoms with Crippen molar-refractivity contribution in [1.82, 2.24) is 4.98 Å². The molecule has 3 aromatic carbocycles. The highest BCUT2D eigenvalue weighted by Crippen LogP contribution is 2.36. The molecule has 0 saturated carbocycles. The molecule has 152 valence electrons. The maximum absolute atomic E-state index is 12.8. The van der Waals surface area contributed by atoms with E-state index < -0.39 is 6.10 Å². The quantitative estimate of drug-likeness (QED) is 0.257. The Balaban J connectivity index is 1.59. The van der Waals surface area contributed by atoms with Gasteiger partial charge in [-0.25, -0.2) is 4.98 Å². The first kappa shape index (κ1) is 21.4. The molecule has 0 bridgehead atoms. The number of nitrogens with one attached hydrogen (secondary N) is 1. The molecule has 0 fully saturated rings. The van der Waals surface area contributed by atoms with Crippen LogP contribution in [0.25, 0.3) is 20.8 Å². The van der Waals surface area contributed by atoms with Crippen LogP contribution >= 0.6 is 57.1 Å². The summed E-state index contributed by atoms with van der Waals surface area (Å²) in [4.78, 5) is 17.5. The van der Waals surface area contributed by atoms with Gasteiger partial charge in [-0.05, 0) is 78.0 Å². The van der Waals surface area contributed by atoms with Crippen LogP contribution in [-0.2, 0) is 4.79 Å². The number of fused-ring (bicyclic) bond motifs is 1. The molecular weight excluding hydrogens is 554 g/mol. The standard InChI is InChI=1S/C22H15Cl2IN2O2S/c1-12(29-19-9-6-13(23)10-16(19)24)21(28)26-17-8-7-14(25)11-15(17)22-27-18-4-2-3-5-20(18)30-22/h2-12H,1H3,(H,26,28). The molecule has 1 heterocycles. The number of para-hydroxylation sites is 1. The Morgan fingerprint density at radius 2 is 1.93 bits per heavy atom. The second-order valence-electron chi connectivity index (χ2n) is 6.50. The van der Waals surface area contributed by atoms with Crippen LogP contribution in [0.3, 0.4) is 0 Å². The molecule has 0 saturated heterocycles. The Bertz CT molecular complexity index is 1210. The van der Waals surface area contributed by atoms with Crippen molar-refractivity contribution in [2.75, 3.05) is 5.32 Å². The fourth-order valence-electron chi connectivity index (χ4n) is 2.84. The molecule has 0 radical (unpaired) electrons. The van der Waals surface area contributed by atoms with E-state index >= 15 is 0 Å². The summed E-state index contributed by atoms with van der Waals surface area (Å²) in [6, 6.07) is 18.7. The van der Waals surface area contributed by atoms with Crippen LogP contribution in [0.15, 0.2) is 60.7 Å². The van der Waals surface area contributed by atoms with Gasteiger partial charge >= 0.3 is 0 Å². The van der Waals surface area contributed by atoms with Gasteiger partial charge in [0.25, 0.3) is 5.91 Å². The maximum atomic E-state index is 12.8. The Kier molecular flexibility index (Phi) is 6.48. The van der Waals surface area contributed by atoms with E-state index in [0.717, 1.165) is 24.4 Å². The number of carbonyl (C=O) groups is 1. The lowest BCUT2D eigenvalue weighted by atomic mass is 10.1. The zero-order chi connectivity index (χ0) is 21.3. The highest BCUT2D eigenvalue weighted by atomic mass is 127. The van der Waals surface area contributed by atoms with E-state index in [0.29, 0.717) is 21.5 Å². The predicted molar refractivity (Wildman–Crippen MR) is 133 cm³/mol. The molecule has 8 heteroatoms. The highest BCUT2D eigenvalue weighted by molar-refractivity contribution is 14.1. The molecule has 30 heavy (non-hydrogen) atoms. The topological polar surface area (TPSA) is 51.2 Å². The predicted octanol–water partition coefficient (Wildman–Crippen LogP) is 7.28. The molecule has 1 aromatic heterocycles. The Labute approximate surface area is 201 Å². The zero-order valence-corrected chi connectivity index (χ0v) is 20.1. The Morgan fingerprint density at radius 3 is 2.70 bits per heavy atom. The largest absolute Gasteiger partial charge is 0.479 e. The first-order chi connectivity index (χ1) is 14.4. The molecule has 1 atom stereocenters. The van der Waals surface area contributed by atoms with Gasteiger partial charge in [0.15, 0.2) is 6.10 Å². The molecular formula is C22H15Cl2IN2O2S. The molecule has 4 aromatic rings. The molecule has 4 nitrogen and oxygen atoms in total. The molecule has 4 rings (SSSR count). The molecule has 0 aliphatic heterocycles. The van der Waals surface area contributed by atoms with Gasteiger partial charge in [-0.1, -0.05) is 35.3 Å². The lowest BCUT2D eigenvalue weighted by molar-refractivity contribution is -0.122. The van der Waals surface area contributed by atoms with E-state index in [1.54, 1.807) is 36.5 Å². The van der Waals surface area contributed by atoms with Crippen LogP contribution in [0.2, 0.25) is 10.0 Å². The van der Waals surface area contributed by atoms with Crippen molar-refractivity contribution in [1.29, 1.82) is 0 Å². The van der Waals surface area contributed by atoms with E-state index in [1.165, 1.54) is 0 Å². The summed E-state index contributed by atoms with van der Waals surface area (Å²) in [5.41, 5.74) is 2.48. The van der Waals surface area contributed by atoms with Gasteiger partial charge in [0.2, 0.25) is 0 Å². The van der Waals surface area contributed by atoms with Gasteiger partial charge in [0, 0.05) is 14.2 Å². The van der Waals surface area contributed by atoms with Gasteiger partial charge < -0.3 is 10.1 Å².